The number of nitrogens with one attached hydrogen (secondary N) is 1. The van der Waals surface area contributed by atoms with Crippen LogP contribution in [0, 0.1) is 0 Å². The third-order valence-electron chi connectivity index (χ3n) is 5.23. The van der Waals surface area contributed by atoms with E-state index in [-0.39, 0.29) is 34.4 Å². The maximum atomic E-state index is 13.2. The maximum absolute atomic E-state index is 13.2. The summed E-state index contributed by atoms with van der Waals surface area (Å²) in [6.45, 7) is 2.55. The fourth-order valence-corrected chi connectivity index (χ4v) is 4.44. The number of aromatic nitrogens is 4. The minimum Gasteiger partial charge on any atom is -0.395 e. The van der Waals surface area contributed by atoms with Crippen molar-refractivity contribution in [2.45, 2.75) is 37.8 Å². The molecule has 0 radical (unpaired) electrons. The maximum Gasteiger partial charge on any atom is 0.586 e. The predicted molar refractivity (Wildman–Crippen MR) is 122 cm³/mol. The molecule has 2 aromatic heterocycles. The van der Waals surface area contributed by atoms with E-state index in [1.807, 2.05) is 19.1 Å². The van der Waals surface area contributed by atoms with Crippen LogP contribution in [0.1, 0.15) is 19.8 Å². The smallest absolute Gasteiger partial charge is 0.395 e. The first-order valence-corrected chi connectivity index (χ1v) is 11.5. The number of nitrogens with zero attached hydrogens (tertiary/aromatic N) is 4. The topological polar surface area (TPSA) is 99.8 Å². The molecule has 0 saturated heterocycles. The molecule has 9 nitrogen and oxygen atoms in total. The number of ether oxygens (including phenoxy) is 2. The number of unbranched alkanes of at least 4 members (excludes halogenated alkanes) is 1. The number of thioether (sulfide) groups is 1. The highest BCUT2D eigenvalue weighted by Gasteiger charge is 2.43. The van der Waals surface area contributed by atoms with Gasteiger partial charge in [0.05, 0.1) is 16.7 Å². The fourth-order valence-electron chi connectivity index (χ4n) is 3.70. The molecule has 176 valence electrons. The van der Waals surface area contributed by atoms with E-state index >= 15 is 0 Å². The van der Waals surface area contributed by atoms with Crippen molar-refractivity contribution >= 4 is 40.0 Å². The molecule has 1 N–H and O–H groups in total. The van der Waals surface area contributed by atoms with Gasteiger partial charge in [-0.05, 0) is 30.7 Å². The Morgan fingerprint density at radius 1 is 1.15 bits per heavy atom. The summed E-state index contributed by atoms with van der Waals surface area (Å²) >= 11 is 1.15. The van der Waals surface area contributed by atoms with E-state index in [2.05, 4.69) is 25.0 Å². The van der Waals surface area contributed by atoms with Crippen molar-refractivity contribution in [3.63, 3.8) is 0 Å². The van der Waals surface area contributed by atoms with Crippen molar-refractivity contribution in [1.82, 2.24) is 19.2 Å². The Morgan fingerprint density at radius 2 is 1.94 bits per heavy atom. The quantitative estimate of drug-likeness (QED) is 0.395. The number of alkyl halides is 2. The van der Waals surface area contributed by atoms with Crippen molar-refractivity contribution in [2.24, 2.45) is 0 Å². The van der Waals surface area contributed by atoms with Crippen molar-refractivity contribution in [3.05, 3.63) is 52.8 Å². The highest BCUT2D eigenvalue weighted by atomic mass is 32.2. The van der Waals surface area contributed by atoms with Gasteiger partial charge in [-0.15, -0.1) is 19.0 Å². The number of hydrogen-bond acceptors (Lipinski definition) is 7. The Morgan fingerprint density at radius 3 is 2.76 bits per heavy atom. The molecule has 1 aliphatic heterocycles. The van der Waals surface area contributed by atoms with Gasteiger partial charge in [0.25, 0.3) is 5.56 Å². The second-order valence-electron chi connectivity index (χ2n) is 7.61. The van der Waals surface area contributed by atoms with E-state index in [0.717, 1.165) is 24.6 Å². The lowest BCUT2D eigenvalue weighted by Crippen LogP contribution is -2.25. The lowest BCUT2D eigenvalue weighted by atomic mass is 10.2. The summed E-state index contributed by atoms with van der Waals surface area (Å²) in [7, 11) is 0. The average molecular weight is 487 g/mol. The van der Waals surface area contributed by atoms with E-state index in [1.54, 1.807) is 21.1 Å². The van der Waals surface area contributed by atoms with Crippen LogP contribution in [0.25, 0.3) is 16.7 Å². The van der Waals surface area contributed by atoms with Gasteiger partial charge in [-0.1, -0.05) is 37.2 Å². The van der Waals surface area contributed by atoms with Crippen LogP contribution >= 0.6 is 11.8 Å². The molecule has 4 aromatic rings. The number of rotatable bonds is 7. The van der Waals surface area contributed by atoms with Crippen LogP contribution in [-0.4, -0.2) is 37.1 Å². The van der Waals surface area contributed by atoms with Gasteiger partial charge in [0.1, 0.15) is 0 Å². The SMILES string of the molecule is CCCCn1c(=O)c2ccccc2n2c(SCC(=O)Nc3ccc4c(c3)OC(F)(F)O4)nnc12. The largest absolute Gasteiger partial charge is 0.586 e. The molecule has 0 aliphatic carbocycles. The first-order chi connectivity index (χ1) is 16.4. The predicted octanol–water partition coefficient (Wildman–Crippen LogP) is 3.90. The summed E-state index contributed by atoms with van der Waals surface area (Å²) in [5.41, 5.74) is 0.807. The molecule has 12 heteroatoms. The summed E-state index contributed by atoms with van der Waals surface area (Å²) in [6.07, 6.45) is -2.00. The summed E-state index contributed by atoms with van der Waals surface area (Å²) in [4.78, 5) is 25.5. The number of amides is 1. The van der Waals surface area contributed by atoms with Crippen molar-refractivity contribution in [1.29, 1.82) is 0 Å². The molecule has 0 saturated carbocycles. The minimum atomic E-state index is -3.73. The first kappa shape index (κ1) is 22.1. The zero-order valence-electron chi connectivity index (χ0n) is 18.0. The van der Waals surface area contributed by atoms with Crippen molar-refractivity contribution < 1.29 is 23.0 Å². The highest BCUT2D eigenvalue weighted by Crippen LogP contribution is 2.42. The molecule has 34 heavy (non-hydrogen) atoms. The van der Waals surface area contributed by atoms with Gasteiger partial charge >= 0.3 is 6.29 Å². The molecule has 0 spiro atoms. The lowest BCUT2D eigenvalue weighted by molar-refractivity contribution is -0.286. The number of benzene rings is 2. The van der Waals surface area contributed by atoms with E-state index < -0.39 is 6.29 Å². The number of halogens is 2. The van der Waals surface area contributed by atoms with Gasteiger partial charge in [0.2, 0.25) is 11.7 Å². The number of hydrogen-bond donors (Lipinski definition) is 1. The Bertz CT molecular complexity index is 1470. The van der Waals surface area contributed by atoms with Gasteiger partial charge < -0.3 is 14.8 Å². The van der Waals surface area contributed by atoms with E-state index in [4.69, 9.17) is 0 Å². The van der Waals surface area contributed by atoms with Crippen LogP contribution in [-0.2, 0) is 11.3 Å². The van der Waals surface area contributed by atoms with Gasteiger partial charge in [-0.2, -0.15) is 0 Å². The van der Waals surface area contributed by atoms with Crippen LogP contribution in [0.15, 0.2) is 52.4 Å². The van der Waals surface area contributed by atoms with E-state index in [1.165, 1.54) is 18.2 Å². The third kappa shape index (κ3) is 4.04. The zero-order chi connectivity index (χ0) is 23.9. The fraction of sp³-hybridized carbons (Fsp3) is 0.273. The van der Waals surface area contributed by atoms with Gasteiger partial charge in [0, 0.05) is 18.3 Å². The minimum absolute atomic E-state index is 0.0200. The number of anilines is 1. The summed E-state index contributed by atoms with van der Waals surface area (Å²) < 4.78 is 38.5. The summed E-state index contributed by atoms with van der Waals surface area (Å²) in [6, 6.07) is 11.2. The number of aryl methyl sites for hydroxylation is 1. The van der Waals surface area contributed by atoms with Crippen molar-refractivity contribution in [2.75, 3.05) is 11.1 Å². The summed E-state index contributed by atoms with van der Waals surface area (Å²) in [5.74, 6) is -0.246. The second kappa shape index (κ2) is 8.60. The van der Waals surface area contributed by atoms with Crippen LogP contribution in [0.4, 0.5) is 14.5 Å². The van der Waals surface area contributed by atoms with Gasteiger partial charge in [0.15, 0.2) is 16.7 Å². The zero-order valence-corrected chi connectivity index (χ0v) is 18.8. The molecule has 0 atom stereocenters. The monoisotopic (exact) mass is 487 g/mol. The van der Waals surface area contributed by atoms with Gasteiger partial charge in [-0.3, -0.25) is 18.6 Å². The molecule has 2 aromatic carbocycles. The molecule has 3 heterocycles. The molecule has 1 aliphatic rings. The lowest BCUT2D eigenvalue weighted by Gasteiger charge is -2.11. The first-order valence-electron chi connectivity index (χ1n) is 10.6. The molecule has 5 rings (SSSR count). The van der Waals surface area contributed by atoms with Crippen LogP contribution in [0.5, 0.6) is 11.5 Å². The molecule has 0 bridgehead atoms. The molecular weight excluding hydrogens is 468 g/mol. The number of para-hydroxylation sites is 1. The van der Waals surface area contributed by atoms with Crippen molar-refractivity contribution in [3.8, 4) is 11.5 Å². The van der Waals surface area contributed by atoms with Gasteiger partial charge in [-0.25, -0.2) is 0 Å². The Kier molecular flexibility index (Phi) is 5.60. The van der Waals surface area contributed by atoms with Crippen LogP contribution in [0.2, 0.25) is 0 Å². The number of fused-ring (bicyclic) bond motifs is 4. The van der Waals surface area contributed by atoms with Crippen LogP contribution in [0.3, 0.4) is 0 Å². The summed E-state index contributed by atoms with van der Waals surface area (Å²) in [5, 5.41) is 12.1. The number of carbonyl (C=O) groups is 1. The normalized spacial score (nSPS) is 14.1. The molecule has 1 amide bonds. The highest BCUT2D eigenvalue weighted by molar-refractivity contribution is 7.99. The Labute approximate surface area is 195 Å². The Balaban J connectivity index is 1.38. The molecular formula is C22H19F2N5O4S. The van der Waals surface area contributed by atoms with Crippen LogP contribution < -0.4 is 20.3 Å². The van der Waals surface area contributed by atoms with E-state index in [0.29, 0.717) is 28.4 Å². The number of carbonyl (C=O) groups excluding carboxylic acids is 1. The van der Waals surface area contributed by atoms with E-state index in [9.17, 15) is 18.4 Å². The second-order valence-corrected chi connectivity index (χ2v) is 8.55. The average Bonchev–Trinajstić information content (AvgIpc) is 3.36. The third-order valence-corrected chi connectivity index (χ3v) is 6.16. The Hall–Kier alpha value is -3.67. The molecule has 0 unspecified atom stereocenters. The molecule has 0 fully saturated rings. The standard InChI is InChI=1S/C22H19F2N5O4S/c1-2-3-10-28-19(31)14-6-4-5-7-15(14)29-20(28)26-27-21(29)34-12-18(30)25-13-8-9-16-17(11-13)33-22(23,24)32-16/h4-9,11H,2-3,10,12H2,1H3,(H,25,30).